The lowest BCUT2D eigenvalue weighted by Gasteiger charge is -2.06. The van der Waals surface area contributed by atoms with Gasteiger partial charge in [-0.05, 0) is 12.8 Å². The molecule has 1 rings (SSSR count). The van der Waals surface area contributed by atoms with Gasteiger partial charge in [0.25, 0.3) is 0 Å². The van der Waals surface area contributed by atoms with Gasteiger partial charge < -0.3 is 9.84 Å². The number of nitrogens with two attached hydrogens (primary N) is 1. The lowest BCUT2D eigenvalue weighted by Crippen LogP contribution is -2.13. The molecule has 1 heterocycles. The van der Waals surface area contributed by atoms with Crippen molar-refractivity contribution in [1.29, 1.82) is 0 Å². The molecule has 0 spiro atoms. The smallest absolute Gasteiger partial charge is 0.322 e. The summed E-state index contributed by atoms with van der Waals surface area (Å²) in [5, 5.41) is 9.23. The normalized spacial score (nSPS) is 10.3. The number of thioether (sulfide) groups is 1. The third-order valence-corrected chi connectivity index (χ3v) is 2.63. The Balaban J connectivity index is 2.67. The van der Waals surface area contributed by atoms with Gasteiger partial charge in [0.05, 0.1) is 6.61 Å². The summed E-state index contributed by atoms with van der Waals surface area (Å²) in [4.78, 5) is 12.2. The van der Waals surface area contributed by atoms with Crippen molar-refractivity contribution < 1.29 is 9.84 Å². The van der Waals surface area contributed by atoms with Crippen molar-refractivity contribution in [2.75, 3.05) is 24.4 Å². The molecule has 0 bridgehead atoms. The molecule has 0 fully saturated rings. The molecule has 4 N–H and O–H groups in total. The van der Waals surface area contributed by atoms with Crippen LogP contribution >= 0.6 is 11.8 Å². The van der Waals surface area contributed by atoms with E-state index in [1.165, 1.54) is 11.8 Å². The van der Waals surface area contributed by atoms with E-state index in [4.69, 9.17) is 15.7 Å². The number of aliphatic hydroxyl groups excluding tert-OH is 1. The number of aromatic nitrogens is 3. The highest BCUT2D eigenvalue weighted by Gasteiger charge is 2.07. The zero-order valence-corrected chi connectivity index (χ0v) is 10.5. The van der Waals surface area contributed by atoms with Gasteiger partial charge in [0.2, 0.25) is 5.95 Å². The molecule has 0 saturated carbocycles. The Morgan fingerprint density at radius 2 is 2.24 bits per heavy atom. The lowest BCUT2D eigenvalue weighted by molar-refractivity contribution is 0.288. The Kier molecular flexibility index (Phi) is 6.60. The highest BCUT2D eigenvalue weighted by Crippen LogP contribution is 2.17. The van der Waals surface area contributed by atoms with E-state index in [9.17, 15) is 0 Å². The molecule has 0 aromatic carbocycles. The lowest BCUT2D eigenvalue weighted by atomic mass is 10.5. The van der Waals surface area contributed by atoms with Crippen LogP contribution in [-0.2, 0) is 0 Å². The van der Waals surface area contributed by atoms with Gasteiger partial charge in [-0.2, -0.15) is 15.0 Å². The molecule has 0 aliphatic carbocycles. The fourth-order valence-electron chi connectivity index (χ4n) is 0.953. The van der Waals surface area contributed by atoms with Crippen LogP contribution in [0, 0.1) is 0 Å². The Bertz CT molecular complexity index is 339. The van der Waals surface area contributed by atoms with Crippen LogP contribution in [0.5, 0.6) is 6.01 Å². The molecular weight excluding hydrogens is 242 g/mol. The second-order valence-electron chi connectivity index (χ2n) is 3.14. The minimum Gasteiger partial charge on any atom is -0.463 e. The van der Waals surface area contributed by atoms with Gasteiger partial charge in [-0.15, -0.1) is 0 Å². The van der Waals surface area contributed by atoms with Gasteiger partial charge in [-0.25, -0.2) is 5.84 Å². The summed E-state index contributed by atoms with van der Waals surface area (Å²) in [6, 6.07) is 0.265. The Morgan fingerprint density at radius 3 is 2.88 bits per heavy atom. The van der Waals surface area contributed by atoms with Crippen LogP contribution in [0.2, 0.25) is 0 Å². The van der Waals surface area contributed by atoms with Crippen molar-refractivity contribution in [3.8, 4) is 6.01 Å². The van der Waals surface area contributed by atoms with E-state index in [1.54, 1.807) is 0 Å². The molecule has 7 nitrogen and oxygen atoms in total. The number of ether oxygens (including phenoxy) is 1. The first-order chi connectivity index (χ1) is 8.30. The fourth-order valence-corrected chi connectivity index (χ4v) is 1.70. The molecule has 0 aliphatic rings. The molecule has 0 unspecified atom stereocenters. The summed E-state index contributed by atoms with van der Waals surface area (Å²) in [6.45, 7) is 2.70. The number of nitrogen functional groups attached to an aromatic ring is 1. The third kappa shape index (κ3) is 5.16. The molecule has 8 heteroatoms. The average molecular weight is 259 g/mol. The summed E-state index contributed by atoms with van der Waals surface area (Å²) < 4.78 is 5.32. The van der Waals surface area contributed by atoms with Crippen LogP contribution < -0.4 is 16.0 Å². The maximum Gasteiger partial charge on any atom is 0.322 e. The highest BCUT2D eigenvalue weighted by atomic mass is 32.2. The Hall–Kier alpha value is -1.12. The minimum atomic E-state index is 0.152. The standard InChI is InChI=1S/C9H17N5O2S/c1-2-5-16-8-11-7(14-10)12-9(13-8)17-6-3-4-15/h15H,2-6,10H2,1H3,(H,11,12,13,14). The second kappa shape index (κ2) is 8.04. The van der Waals surface area contributed by atoms with E-state index >= 15 is 0 Å². The zero-order chi connectivity index (χ0) is 12.5. The first kappa shape index (κ1) is 13.9. The monoisotopic (exact) mass is 259 g/mol. The van der Waals surface area contributed by atoms with Gasteiger partial charge in [0.15, 0.2) is 5.16 Å². The van der Waals surface area contributed by atoms with E-state index < -0.39 is 0 Å². The number of rotatable bonds is 8. The van der Waals surface area contributed by atoms with Crippen LogP contribution in [0.3, 0.4) is 0 Å². The highest BCUT2D eigenvalue weighted by molar-refractivity contribution is 7.99. The molecule has 0 aliphatic heterocycles. The first-order valence-corrected chi connectivity index (χ1v) is 6.37. The number of aliphatic hydroxyl groups is 1. The van der Waals surface area contributed by atoms with Gasteiger partial charge in [-0.3, -0.25) is 5.43 Å². The molecule has 17 heavy (non-hydrogen) atoms. The van der Waals surface area contributed by atoms with Crippen LogP contribution in [0.1, 0.15) is 19.8 Å². The third-order valence-electron chi connectivity index (χ3n) is 1.69. The molecule has 0 atom stereocenters. The van der Waals surface area contributed by atoms with E-state index in [0.717, 1.165) is 12.2 Å². The summed E-state index contributed by atoms with van der Waals surface area (Å²) in [6.07, 6.45) is 1.57. The van der Waals surface area contributed by atoms with Gasteiger partial charge in [0, 0.05) is 12.4 Å². The van der Waals surface area contributed by atoms with Gasteiger partial charge in [-0.1, -0.05) is 18.7 Å². The summed E-state index contributed by atoms with van der Waals surface area (Å²) in [5.74, 6) is 6.27. The van der Waals surface area contributed by atoms with Gasteiger partial charge >= 0.3 is 6.01 Å². The Labute approximate surface area is 104 Å². The summed E-state index contributed by atoms with van der Waals surface area (Å²) >= 11 is 1.42. The molecule has 96 valence electrons. The Morgan fingerprint density at radius 1 is 1.41 bits per heavy atom. The fraction of sp³-hybridized carbons (Fsp3) is 0.667. The first-order valence-electron chi connectivity index (χ1n) is 5.39. The van der Waals surface area contributed by atoms with Crippen molar-refractivity contribution in [3.63, 3.8) is 0 Å². The maximum atomic E-state index is 8.69. The van der Waals surface area contributed by atoms with Crippen molar-refractivity contribution in [2.45, 2.75) is 24.9 Å². The quantitative estimate of drug-likeness (QED) is 0.267. The van der Waals surface area contributed by atoms with Crippen molar-refractivity contribution in [1.82, 2.24) is 15.0 Å². The number of nitrogens with one attached hydrogen (secondary N) is 1. The van der Waals surface area contributed by atoms with E-state index in [2.05, 4.69) is 20.4 Å². The zero-order valence-electron chi connectivity index (χ0n) is 9.72. The number of anilines is 1. The maximum absolute atomic E-state index is 8.69. The largest absolute Gasteiger partial charge is 0.463 e. The van der Waals surface area contributed by atoms with E-state index in [0.29, 0.717) is 18.2 Å². The van der Waals surface area contributed by atoms with Crippen molar-refractivity contribution >= 4 is 17.7 Å². The molecule has 0 radical (unpaired) electrons. The SMILES string of the molecule is CCCOc1nc(NN)nc(SCCCO)n1. The molecular formula is C9H17N5O2S. The topological polar surface area (TPSA) is 106 Å². The van der Waals surface area contributed by atoms with Gasteiger partial charge in [0.1, 0.15) is 0 Å². The van der Waals surface area contributed by atoms with Crippen molar-refractivity contribution in [2.24, 2.45) is 5.84 Å². The number of nitrogens with zero attached hydrogens (tertiary/aromatic N) is 3. The average Bonchev–Trinajstić information content (AvgIpc) is 2.36. The van der Waals surface area contributed by atoms with Crippen LogP contribution in [-0.4, -0.2) is 39.0 Å². The summed E-state index contributed by atoms with van der Waals surface area (Å²) in [5.41, 5.74) is 2.37. The predicted octanol–water partition coefficient (Wildman–Crippen LogP) is 0.420. The van der Waals surface area contributed by atoms with Crippen molar-refractivity contribution in [3.05, 3.63) is 0 Å². The molecule has 1 aromatic heterocycles. The number of hydrogen-bond acceptors (Lipinski definition) is 8. The number of hydrazine groups is 1. The summed E-state index contributed by atoms with van der Waals surface area (Å²) in [7, 11) is 0. The van der Waals surface area contributed by atoms with Crippen LogP contribution in [0.15, 0.2) is 5.16 Å². The van der Waals surface area contributed by atoms with E-state index in [-0.39, 0.29) is 18.6 Å². The molecule has 0 amide bonds. The van der Waals surface area contributed by atoms with Crippen LogP contribution in [0.25, 0.3) is 0 Å². The molecule has 1 aromatic rings. The van der Waals surface area contributed by atoms with E-state index in [1.807, 2.05) is 6.92 Å². The minimum absolute atomic E-state index is 0.152. The predicted molar refractivity (Wildman–Crippen MR) is 65.8 cm³/mol. The second-order valence-corrected chi connectivity index (χ2v) is 4.20. The molecule has 0 saturated heterocycles. The number of hydrogen-bond donors (Lipinski definition) is 3. The van der Waals surface area contributed by atoms with Crippen LogP contribution in [0.4, 0.5) is 5.95 Å².